The van der Waals surface area contributed by atoms with Gasteiger partial charge in [0.15, 0.2) is 0 Å². The van der Waals surface area contributed by atoms with Crippen LogP contribution in [0.5, 0.6) is 0 Å². The van der Waals surface area contributed by atoms with Crippen LogP contribution < -0.4 is 10.2 Å². The second-order valence-corrected chi connectivity index (χ2v) is 1.41. The monoisotopic (exact) mass is 182 g/mol. The van der Waals surface area contributed by atoms with Crippen molar-refractivity contribution < 1.29 is 29.7 Å². The molecule has 0 aliphatic heterocycles. The Hall–Kier alpha value is 0.543. The van der Waals surface area contributed by atoms with Gasteiger partial charge in [-0.1, -0.05) is 26.7 Å². The molecule has 0 heterocycles. The molecule has 0 aliphatic rings. The molecule has 0 aliphatic carbocycles. The van der Waals surface area contributed by atoms with Crippen molar-refractivity contribution >= 4 is 0 Å². The van der Waals surface area contributed by atoms with Crippen molar-refractivity contribution in [1.82, 2.24) is 0 Å². The molecule has 0 bridgehead atoms. The number of rotatable bonds is 2. The zero-order valence-electron chi connectivity index (χ0n) is 6.35. The van der Waals surface area contributed by atoms with Gasteiger partial charge in [0, 0.05) is 0 Å². The maximum absolute atomic E-state index is 9.30. The molecule has 0 radical (unpaired) electrons. The van der Waals surface area contributed by atoms with Gasteiger partial charge in [0.05, 0.1) is 0 Å². The fourth-order valence-corrected chi connectivity index (χ4v) is 0. The summed E-state index contributed by atoms with van der Waals surface area (Å²) in [7, 11) is 0. The largest absolute Gasteiger partial charge is 2.00 e. The van der Waals surface area contributed by atoms with Gasteiger partial charge in [0.25, 0.3) is 0 Å². The third-order valence-electron chi connectivity index (χ3n) is 0.408. The molecule has 0 fully saturated rings. The molecule has 3 heteroatoms. The van der Waals surface area contributed by atoms with Crippen molar-refractivity contribution in [2.75, 3.05) is 13.2 Å². The van der Waals surface area contributed by atoms with E-state index in [9.17, 15) is 10.2 Å². The SMILES string of the molecule is CCC[O-].CCC[O-].[Zn+2]. The van der Waals surface area contributed by atoms with Crippen LogP contribution in [-0.2, 0) is 19.5 Å². The average molecular weight is 184 g/mol. The van der Waals surface area contributed by atoms with E-state index in [0.29, 0.717) is 0 Å². The molecule has 9 heavy (non-hydrogen) atoms. The second kappa shape index (κ2) is 23.6. The Morgan fingerprint density at radius 1 is 0.889 bits per heavy atom. The summed E-state index contributed by atoms with van der Waals surface area (Å²) in [6.45, 7) is 3.88. The van der Waals surface area contributed by atoms with Gasteiger partial charge in [-0.3, -0.25) is 0 Å². The Bertz CT molecular complexity index is 19.0. The van der Waals surface area contributed by atoms with Crippen LogP contribution in [0.25, 0.3) is 0 Å². The number of hydrogen-bond donors (Lipinski definition) is 0. The fraction of sp³-hybridized carbons (Fsp3) is 1.00. The molecule has 0 amide bonds. The van der Waals surface area contributed by atoms with Gasteiger partial charge in [0.1, 0.15) is 0 Å². The predicted molar refractivity (Wildman–Crippen MR) is 30.3 cm³/mol. The first kappa shape index (κ1) is 16.3. The minimum atomic E-state index is 0. The third kappa shape index (κ3) is 56.5. The maximum Gasteiger partial charge on any atom is 2.00 e. The van der Waals surface area contributed by atoms with Crippen molar-refractivity contribution in [2.24, 2.45) is 0 Å². The van der Waals surface area contributed by atoms with E-state index in [0.717, 1.165) is 12.8 Å². The Morgan fingerprint density at radius 2 is 1.00 bits per heavy atom. The summed E-state index contributed by atoms with van der Waals surface area (Å²) >= 11 is 0. The molecule has 0 unspecified atom stereocenters. The molecule has 0 N–H and O–H groups in total. The maximum atomic E-state index is 9.30. The summed E-state index contributed by atoms with van der Waals surface area (Å²) in [6, 6.07) is 0. The van der Waals surface area contributed by atoms with Gasteiger partial charge in [-0.05, 0) is 0 Å². The Kier molecular flexibility index (Phi) is 42.6. The first-order valence-corrected chi connectivity index (χ1v) is 2.99. The van der Waals surface area contributed by atoms with E-state index >= 15 is 0 Å². The molecule has 0 spiro atoms. The van der Waals surface area contributed by atoms with E-state index in [-0.39, 0.29) is 32.7 Å². The quantitative estimate of drug-likeness (QED) is 0.543. The molecule has 0 saturated carbocycles. The summed E-state index contributed by atoms with van der Waals surface area (Å²) in [4.78, 5) is 0. The molecule has 0 saturated heterocycles. The molecule has 0 aromatic heterocycles. The van der Waals surface area contributed by atoms with Crippen molar-refractivity contribution in [3.8, 4) is 0 Å². The summed E-state index contributed by atoms with van der Waals surface area (Å²) in [6.07, 6.45) is 1.53. The van der Waals surface area contributed by atoms with Gasteiger partial charge in [-0.2, -0.15) is 0 Å². The zero-order chi connectivity index (χ0) is 6.83. The minimum Gasteiger partial charge on any atom is -0.854 e. The van der Waals surface area contributed by atoms with Gasteiger partial charge in [-0.25, -0.2) is 0 Å². The standard InChI is InChI=1S/2C3H7O.Zn/c2*1-2-3-4;/h2*2-3H2,1H3;/q2*-1;+2. The second-order valence-electron chi connectivity index (χ2n) is 1.41. The summed E-state index contributed by atoms with van der Waals surface area (Å²) in [5.41, 5.74) is 0. The van der Waals surface area contributed by atoms with E-state index in [1.165, 1.54) is 0 Å². The molecule has 0 atom stereocenters. The van der Waals surface area contributed by atoms with E-state index in [4.69, 9.17) is 0 Å². The summed E-state index contributed by atoms with van der Waals surface area (Å²) in [5.74, 6) is 0. The summed E-state index contributed by atoms with van der Waals surface area (Å²) < 4.78 is 0. The van der Waals surface area contributed by atoms with Gasteiger partial charge in [0.2, 0.25) is 0 Å². The van der Waals surface area contributed by atoms with Crippen LogP contribution in [0.2, 0.25) is 0 Å². The molecule has 0 aromatic rings. The van der Waals surface area contributed by atoms with Crippen LogP contribution in [-0.4, -0.2) is 13.2 Å². The Balaban J connectivity index is -0.0000000720. The molecule has 0 aromatic carbocycles. The van der Waals surface area contributed by atoms with Crippen LogP contribution in [0.4, 0.5) is 0 Å². The van der Waals surface area contributed by atoms with Crippen LogP contribution in [0.3, 0.4) is 0 Å². The molecular formula is C6H14O2Zn. The van der Waals surface area contributed by atoms with Crippen molar-refractivity contribution in [3.63, 3.8) is 0 Å². The third-order valence-corrected chi connectivity index (χ3v) is 0.408. The van der Waals surface area contributed by atoms with E-state index in [1.54, 1.807) is 0 Å². The van der Waals surface area contributed by atoms with E-state index < -0.39 is 0 Å². The first-order chi connectivity index (χ1) is 3.83. The molecule has 52 valence electrons. The summed E-state index contributed by atoms with van der Waals surface area (Å²) in [5, 5.41) is 18.6. The molecule has 2 nitrogen and oxygen atoms in total. The minimum absolute atomic E-state index is 0. The van der Waals surface area contributed by atoms with Crippen molar-refractivity contribution in [2.45, 2.75) is 26.7 Å². The van der Waals surface area contributed by atoms with E-state index in [1.807, 2.05) is 13.8 Å². The van der Waals surface area contributed by atoms with Gasteiger partial charge in [-0.15, -0.1) is 13.2 Å². The average Bonchev–Trinajstić information content (AvgIpc) is 1.88. The first-order valence-electron chi connectivity index (χ1n) is 2.99. The predicted octanol–water partition coefficient (Wildman–Crippen LogP) is -0.489. The van der Waals surface area contributed by atoms with Crippen molar-refractivity contribution in [1.29, 1.82) is 0 Å². The smallest absolute Gasteiger partial charge is 0.854 e. The van der Waals surface area contributed by atoms with Crippen LogP contribution >= 0.6 is 0 Å². The van der Waals surface area contributed by atoms with Crippen LogP contribution in [0.1, 0.15) is 26.7 Å². The topological polar surface area (TPSA) is 46.1 Å². The van der Waals surface area contributed by atoms with E-state index in [2.05, 4.69) is 0 Å². The molecular weight excluding hydrogens is 169 g/mol. The number of hydrogen-bond acceptors (Lipinski definition) is 2. The Morgan fingerprint density at radius 3 is 1.00 bits per heavy atom. The zero-order valence-corrected chi connectivity index (χ0v) is 9.32. The van der Waals surface area contributed by atoms with Crippen LogP contribution in [0.15, 0.2) is 0 Å². The fourth-order valence-electron chi connectivity index (χ4n) is 0. The van der Waals surface area contributed by atoms with Crippen LogP contribution in [0, 0.1) is 0 Å². The normalized spacial score (nSPS) is 6.67. The van der Waals surface area contributed by atoms with Gasteiger partial charge < -0.3 is 10.2 Å². The molecule has 0 rings (SSSR count). The van der Waals surface area contributed by atoms with Gasteiger partial charge >= 0.3 is 19.5 Å². The van der Waals surface area contributed by atoms with Crippen molar-refractivity contribution in [3.05, 3.63) is 0 Å². The Labute approximate surface area is 70.0 Å².